The van der Waals surface area contributed by atoms with Gasteiger partial charge in [0.1, 0.15) is 0 Å². The minimum absolute atomic E-state index is 0.703. The molecule has 1 atom stereocenters. The minimum atomic E-state index is 0.703. The summed E-state index contributed by atoms with van der Waals surface area (Å²) in [5.74, 6) is 0.910. The summed E-state index contributed by atoms with van der Waals surface area (Å²) in [4.78, 5) is 2.68. The van der Waals surface area contributed by atoms with Crippen LogP contribution in [-0.2, 0) is 0 Å². The van der Waals surface area contributed by atoms with Gasteiger partial charge in [-0.3, -0.25) is 0 Å². The lowest BCUT2D eigenvalue weighted by atomic mass is 10.0. The van der Waals surface area contributed by atoms with E-state index in [1.807, 2.05) is 0 Å². The molecule has 0 aromatic rings. The molecule has 0 aromatic heterocycles. The molecule has 1 heterocycles. The average Bonchev–Trinajstić information content (AvgIpc) is 2.23. The van der Waals surface area contributed by atoms with Crippen LogP contribution in [0.15, 0.2) is 0 Å². The molecule has 1 fully saturated rings. The molecule has 15 heavy (non-hydrogen) atoms. The van der Waals surface area contributed by atoms with E-state index >= 15 is 0 Å². The summed E-state index contributed by atoms with van der Waals surface area (Å²) >= 11 is 0. The van der Waals surface area contributed by atoms with Gasteiger partial charge in [-0.05, 0) is 45.3 Å². The molecule has 1 saturated heterocycles. The molecule has 0 aliphatic carbocycles. The van der Waals surface area contributed by atoms with Gasteiger partial charge in [0.05, 0.1) is 0 Å². The molecule has 0 amide bonds. The molecule has 1 aliphatic heterocycles. The van der Waals surface area contributed by atoms with Gasteiger partial charge in [-0.2, -0.15) is 0 Å². The normalized spacial score (nSPS) is 25.2. The van der Waals surface area contributed by atoms with E-state index in [4.69, 9.17) is 0 Å². The van der Waals surface area contributed by atoms with E-state index in [2.05, 4.69) is 31.0 Å². The van der Waals surface area contributed by atoms with Crippen molar-refractivity contribution in [2.24, 2.45) is 5.92 Å². The smallest absolute Gasteiger partial charge is 0.00509 e. The molecular weight excluding hydrogens is 184 g/mol. The lowest BCUT2D eigenvalue weighted by molar-refractivity contribution is 0.199. The van der Waals surface area contributed by atoms with Crippen molar-refractivity contribution in [2.75, 3.05) is 26.2 Å². The lowest BCUT2D eigenvalue weighted by Gasteiger charge is -2.30. The van der Waals surface area contributed by atoms with Crippen LogP contribution in [0.1, 0.15) is 46.5 Å². The molecule has 1 N–H and O–H groups in total. The lowest BCUT2D eigenvalue weighted by Crippen LogP contribution is -2.40. The zero-order valence-corrected chi connectivity index (χ0v) is 10.8. The van der Waals surface area contributed by atoms with Crippen LogP contribution in [0.2, 0.25) is 0 Å². The first-order valence-corrected chi connectivity index (χ1v) is 6.72. The third kappa shape index (κ3) is 4.98. The van der Waals surface area contributed by atoms with Crippen LogP contribution in [0.25, 0.3) is 0 Å². The van der Waals surface area contributed by atoms with Crippen molar-refractivity contribution in [2.45, 2.75) is 52.5 Å². The van der Waals surface area contributed by atoms with E-state index < -0.39 is 0 Å². The minimum Gasteiger partial charge on any atom is -0.314 e. The van der Waals surface area contributed by atoms with Gasteiger partial charge in [0.15, 0.2) is 0 Å². The second-order valence-corrected chi connectivity index (χ2v) is 4.98. The van der Waals surface area contributed by atoms with Gasteiger partial charge in [0.2, 0.25) is 0 Å². The highest BCUT2D eigenvalue weighted by Gasteiger charge is 2.14. The summed E-state index contributed by atoms with van der Waals surface area (Å²) in [5.41, 5.74) is 0. The van der Waals surface area contributed by atoms with Crippen molar-refractivity contribution >= 4 is 0 Å². The largest absolute Gasteiger partial charge is 0.314 e. The van der Waals surface area contributed by atoms with Crippen LogP contribution in [0.4, 0.5) is 0 Å². The Labute approximate surface area is 95.4 Å². The van der Waals surface area contributed by atoms with Gasteiger partial charge in [-0.15, -0.1) is 0 Å². The van der Waals surface area contributed by atoms with Crippen LogP contribution < -0.4 is 5.32 Å². The number of nitrogens with zero attached hydrogens (tertiary/aromatic N) is 1. The molecule has 90 valence electrons. The van der Waals surface area contributed by atoms with E-state index in [0.29, 0.717) is 6.04 Å². The second-order valence-electron chi connectivity index (χ2n) is 4.98. The first kappa shape index (κ1) is 13.0. The summed E-state index contributed by atoms with van der Waals surface area (Å²) in [6.07, 6.45) is 5.28. The summed E-state index contributed by atoms with van der Waals surface area (Å²) in [7, 11) is 0. The topological polar surface area (TPSA) is 15.3 Å². The Morgan fingerprint density at radius 2 is 2.00 bits per heavy atom. The molecular formula is C13H28N2. The van der Waals surface area contributed by atoms with Crippen LogP contribution in [0.5, 0.6) is 0 Å². The molecule has 0 bridgehead atoms. The second kappa shape index (κ2) is 7.24. The number of nitrogens with one attached hydrogen (secondary N) is 1. The Hall–Kier alpha value is -0.0800. The number of hydrogen-bond donors (Lipinski definition) is 1. The molecule has 1 rings (SSSR count). The predicted molar refractivity (Wildman–Crippen MR) is 67.2 cm³/mol. The Balaban J connectivity index is 2.31. The molecule has 0 spiro atoms. The van der Waals surface area contributed by atoms with Crippen LogP contribution in [-0.4, -0.2) is 37.1 Å². The zero-order chi connectivity index (χ0) is 11.1. The quantitative estimate of drug-likeness (QED) is 0.770. The molecule has 1 aliphatic rings. The molecule has 0 radical (unpaired) electrons. The van der Waals surface area contributed by atoms with E-state index in [1.54, 1.807) is 0 Å². The molecule has 2 heteroatoms. The van der Waals surface area contributed by atoms with E-state index in [0.717, 1.165) is 5.92 Å². The highest BCUT2D eigenvalue weighted by molar-refractivity contribution is 4.71. The van der Waals surface area contributed by atoms with Crippen molar-refractivity contribution in [3.8, 4) is 0 Å². The fourth-order valence-corrected chi connectivity index (χ4v) is 2.34. The van der Waals surface area contributed by atoms with Crippen molar-refractivity contribution in [1.82, 2.24) is 10.2 Å². The van der Waals surface area contributed by atoms with Crippen LogP contribution >= 0.6 is 0 Å². The SMILES string of the molecule is CCC(CC)CN1CCCNC(C)CC1. The Morgan fingerprint density at radius 1 is 1.27 bits per heavy atom. The average molecular weight is 212 g/mol. The first-order valence-electron chi connectivity index (χ1n) is 6.72. The molecule has 0 saturated carbocycles. The predicted octanol–water partition coefficient (Wildman–Crippen LogP) is 2.50. The van der Waals surface area contributed by atoms with Gasteiger partial charge >= 0.3 is 0 Å². The van der Waals surface area contributed by atoms with Crippen LogP contribution in [0, 0.1) is 5.92 Å². The first-order chi connectivity index (χ1) is 7.26. The van der Waals surface area contributed by atoms with E-state index in [9.17, 15) is 0 Å². The Morgan fingerprint density at radius 3 is 2.67 bits per heavy atom. The summed E-state index contributed by atoms with van der Waals surface area (Å²) < 4.78 is 0. The third-order valence-corrected chi connectivity index (χ3v) is 3.69. The fourth-order valence-electron chi connectivity index (χ4n) is 2.34. The maximum absolute atomic E-state index is 3.56. The maximum atomic E-state index is 3.56. The van der Waals surface area contributed by atoms with Crippen molar-refractivity contribution in [1.29, 1.82) is 0 Å². The van der Waals surface area contributed by atoms with Gasteiger partial charge < -0.3 is 10.2 Å². The highest BCUT2D eigenvalue weighted by Crippen LogP contribution is 2.12. The van der Waals surface area contributed by atoms with Gasteiger partial charge in [-0.1, -0.05) is 26.7 Å². The molecule has 2 nitrogen and oxygen atoms in total. The Kier molecular flexibility index (Phi) is 6.26. The maximum Gasteiger partial charge on any atom is 0.00509 e. The van der Waals surface area contributed by atoms with Crippen molar-refractivity contribution in [3.63, 3.8) is 0 Å². The summed E-state index contributed by atoms with van der Waals surface area (Å²) in [5, 5.41) is 3.56. The fraction of sp³-hybridized carbons (Fsp3) is 1.00. The number of rotatable bonds is 4. The monoisotopic (exact) mass is 212 g/mol. The molecule has 1 unspecified atom stereocenters. The standard InChI is InChI=1S/C13H28N2/c1-4-13(5-2)11-15-9-6-8-14-12(3)7-10-15/h12-14H,4-11H2,1-3H3. The van der Waals surface area contributed by atoms with Crippen molar-refractivity contribution < 1.29 is 0 Å². The van der Waals surface area contributed by atoms with Gasteiger partial charge in [0, 0.05) is 12.6 Å². The van der Waals surface area contributed by atoms with E-state index in [1.165, 1.54) is 51.9 Å². The number of hydrogen-bond acceptors (Lipinski definition) is 2. The summed E-state index contributed by atoms with van der Waals surface area (Å²) in [6, 6.07) is 0.703. The van der Waals surface area contributed by atoms with Crippen molar-refractivity contribution in [3.05, 3.63) is 0 Å². The summed E-state index contributed by atoms with van der Waals surface area (Å²) in [6.45, 7) is 12.0. The Bertz CT molecular complexity index is 155. The molecule has 0 aromatic carbocycles. The highest BCUT2D eigenvalue weighted by atomic mass is 15.1. The zero-order valence-electron chi connectivity index (χ0n) is 10.8. The van der Waals surface area contributed by atoms with E-state index in [-0.39, 0.29) is 0 Å². The third-order valence-electron chi connectivity index (χ3n) is 3.69. The van der Waals surface area contributed by atoms with Crippen LogP contribution in [0.3, 0.4) is 0 Å². The van der Waals surface area contributed by atoms with Gasteiger partial charge in [0.25, 0.3) is 0 Å². The van der Waals surface area contributed by atoms with Gasteiger partial charge in [-0.25, -0.2) is 0 Å².